The Labute approximate surface area is 179 Å². The number of fused-ring (bicyclic) bond motifs is 1. The van der Waals surface area contributed by atoms with Crippen LogP contribution in [0.25, 0.3) is 0 Å². The molecule has 2 aliphatic rings. The van der Waals surface area contributed by atoms with Crippen molar-refractivity contribution in [1.29, 1.82) is 0 Å². The summed E-state index contributed by atoms with van der Waals surface area (Å²) in [6, 6.07) is 14.4. The van der Waals surface area contributed by atoms with Crippen LogP contribution in [0.3, 0.4) is 0 Å². The van der Waals surface area contributed by atoms with Crippen LogP contribution in [0, 0.1) is 12.8 Å². The van der Waals surface area contributed by atoms with Crippen molar-refractivity contribution >= 4 is 11.6 Å². The van der Waals surface area contributed by atoms with E-state index < -0.39 is 0 Å². The summed E-state index contributed by atoms with van der Waals surface area (Å²) in [5.74, 6) is 1.77. The van der Waals surface area contributed by atoms with E-state index in [9.17, 15) is 4.79 Å². The third kappa shape index (κ3) is 4.40. The molecule has 5 heteroatoms. The zero-order valence-corrected chi connectivity index (χ0v) is 18.4. The molecule has 1 atom stereocenters. The van der Waals surface area contributed by atoms with Gasteiger partial charge in [0.05, 0.1) is 13.2 Å². The fraction of sp³-hybridized carbons (Fsp3) is 0.480. The lowest BCUT2D eigenvalue weighted by molar-refractivity contribution is -0.126. The molecule has 0 bridgehead atoms. The average Bonchev–Trinajstić information content (AvgIpc) is 2.73. The first kappa shape index (κ1) is 20.6. The van der Waals surface area contributed by atoms with Crippen LogP contribution in [-0.2, 0) is 4.79 Å². The number of amides is 1. The Morgan fingerprint density at radius 1 is 1.13 bits per heavy atom. The van der Waals surface area contributed by atoms with Crippen LogP contribution in [0.15, 0.2) is 42.5 Å². The first-order chi connectivity index (χ1) is 14.3. The normalized spacial score (nSPS) is 20.8. The lowest BCUT2D eigenvalue weighted by atomic mass is 9.88. The first-order valence-electron chi connectivity index (χ1n) is 10.8. The van der Waals surface area contributed by atoms with Crippen LogP contribution >= 0.6 is 0 Å². The van der Waals surface area contributed by atoms with Gasteiger partial charge in [-0.2, -0.15) is 0 Å². The molecule has 160 valence electrons. The van der Waals surface area contributed by atoms with Crippen LogP contribution in [-0.4, -0.2) is 31.7 Å². The molecule has 5 nitrogen and oxygen atoms in total. The number of methoxy groups -OCH3 is 1. The van der Waals surface area contributed by atoms with Crippen molar-refractivity contribution in [2.75, 3.05) is 25.1 Å². The van der Waals surface area contributed by atoms with Crippen LogP contribution in [0.4, 0.5) is 5.69 Å². The van der Waals surface area contributed by atoms with Crippen molar-refractivity contribution in [1.82, 2.24) is 5.32 Å². The third-order valence-electron chi connectivity index (χ3n) is 6.26. The number of carbonyl (C=O) groups excluding carboxylic acids is 1. The van der Waals surface area contributed by atoms with Gasteiger partial charge in [0.15, 0.2) is 0 Å². The Kier molecular flexibility index (Phi) is 5.63. The zero-order chi connectivity index (χ0) is 21.3. The minimum atomic E-state index is -0.341. The molecule has 0 saturated carbocycles. The lowest BCUT2D eigenvalue weighted by Crippen LogP contribution is -2.45. The van der Waals surface area contributed by atoms with E-state index in [-0.39, 0.29) is 23.5 Å². The van der Waals surface area contributed by atoms with Gasteiger partial charge < -0.3 is 19.7 Å². The maximum atomic E-state index is 13.1. The maximum absolute atomic E-state index is 13.1. The highest BCUT2D eigenvalue weighted by atomic mass is 16.5. The Bertz CT molecular complexity index is 899. The second-order valence-electron chi connectivity index (χ2n) is 9.13. The molecule has 1 fully saturated rings. The molecular formula is C25H32N2O3. The standard InChI is InChI=1S/C25H32N2O3/c1-17-5-7-19(8-6-17)27-13-11-18(12-14-27)24(28)26-22-16-25(2,3)30-23-15-20(29-4)9-10-21(22)23/h5-10,15,18,22H,11-14,16H2,1-4H3,(H,26,28)/t22-/m0/s1. The number of nitrogens with one attached hydrogen (secondary N) is 1. The molecular weight excluding hydrogens is 376 g/mol. The second kappa shape index (κ2) is 8.21. The summed E-state index contributed by atoms with van der Waals surface area (Å²) in [7, 11) is 1.65. The van der Waals surface area contributed by atoms with E-state index in [1.54, 1.807) is 7.11 Å². The van der Waals surface area contributed by atoms with Crippen molar-refractivity contribution in [2.24, 2.45) is 5.92 Å². The Balaban J connectivity index is 1.41. The molecule has 0 aromatic heterocycles. The van der Waals surface area contributed by atoms with Gasteiger partial charge in [-0.15, -0.1) is 0 Å². The highest BCUT2D eigenvalue weighted by Gasteiger charge is 2.36. The molecule has 2 heterocycles. The first-order valence-corrected chi connectivity index (χ1v) is 10.8. The molecule has 1 amide bonds. The van der Waals surface area contributed by atoms with Crippen molar-refractivity contribution in [2.45, 2.75) is 51.7 Å². The summed E-state index contributed by atoms with van der Waals surface area (Å²) < 4.78 is 11.5. The quantitative estimate of drug-likeness (QED) is 0.801. The van der Waals surface area contributed by atoms with Crippen LogP contribution in [0.5, 0.6) is 11.5 Å². The van der Waals surface area contributed by atoms with Crippen LogP contribution < -0.4 is 19.7 Å². The summed E-state index contributed by atoms with van der Waals surface area (Å²) in [4.78, 5) is 15.5. The van der Waals surface area contributed by atoms with Gasteiger partial charge in [0, 0.05) is 42.7 Å². The summed E-state index contributed by atoms with van der Waals surface area (Å²) >= 11 is 0. The van der Waals surface area contributed by atoms with E-state index in [4.69, 9.17) is 9.47 Å². The van der Waals surface area contributed by atoms with Gasteiger partial charge in [-0.1, -0.05) is 17.7 Å². The molecule has 2 aromatic rings. The number of nitrogens with zero attached hydrogens (tertiary/aromatic N) is 1. The number of hydrogen-bond donors (Lipinski definition) is 1. The maximum Gasteiger partial charge on any atom is 0.223 e. The molecule has 1 saturated heterocycles. The molecule has 0 unspecified atom stereocenters. The van der Waals surface area contributed by atoms with Gasteiger partial charge in [0.2, 0.25) is 5.91 Å². The fourth-order valence-electron chi connectivity index (χ4n) is 4.53. The summed E-state index contributed by atoms with van der Waals surface area (Å²) in [6.07, 6.45) is 2.50. The van der Waals surface area contributed by atoms with Crippen molar-refractivity contribution in [3.63, 3.8) is 0 Å². The minimum Gasteiger partial charge on any atom is -0.497 e. The smallest absolute Gasteiger partial charge is 0.223 e. The highest BCUT2D eigenvalue weighted by Crippen LogP contribution is 2.41. The van der Waals surface area contributed by atoms with E-state index in [0.717, 1.165) is 49.4 Å². The van der Waals surface area contributed by atoms with E-state index in [1.165, 1.54) is 11.3 Å². The number of piperidine rings is 1. The number of aryl methyl sites for hydroxylation is 1. The molecule has 1 N–H and O–H groups in total. The molecule has 0 spiro atoms. The monoisotopic (exact) mass is 408 g/mol. The van der Waals surface area contributed by atoms with E-state index in [2.05, 4.69) is 55.3 Å². The van der Waals surface area contributed by atoms with Crippen molar-refractivity contribution < 1.29 is 14.3 Å². The third-order valence-corrected chi connectivity index (χ3v) is 6.26. The van der Waals surface area contributed by atoms with Crippen molar-refractivity contribution in [3.05, 3.63) is 53.6 Å². The average molecular weight is 409 g/mol. The molecule has 4 rings (SSSR count). The topological polar surface area (TPSA) is 50.8 Å². The van der Waals surface area contributed by atoms with E-state index in [1.807, 2.05) is 18.2 Å². The molecule has 2 aromatic carbocycles. The van der Waals surface area contributed by atoms with E-state index >= 15 is 0 Å². The largest absolute Gasteiger partial charge is 0.497 e. The molecule has 0 aliphatic carbocycles. The highest BCUT2D eigenvalue weighted by molar-refractivity contribution is 5.79. The molecule has 2 aliphatic heterocycles. The van der Waals surface area contributed by atoms with Gasteiger partial charge in [0.25, 0.3) is 0 Å². The molecule has 0 radical (unpaired) electrons. The SMILES string of the molecule is COc1ccc2c(c1)OC(C)(C)C[C@@H]2NC(=O)C1CCN(c2ccc(C)cc2)CC1. The number of anilines is 1. The van der Waals surface area contributed by atoms with Gasteiger partial charge >= 0.3 is 0 Å². The number of ether oxygens (including phenoxy) is 2. The van der Waals surface area contributed by atoms with Crippen LogP contribution in [0.1, 0.15) is 50.3 Å². The minimum absolute atomic E-state index is 0.0442. The Hall–Kier alpha value is -2.69. The van der Waals surface area contributed by atoms with Gasteiger partial charge in [-0.3, -0.25) is 4.79 Å². The lowest BCUT2D eigenvalue weighted by Gasteiger charge is -2.39. The van der Waals surface area contributed by atoms with Crippen LogP contribution in [0.2, 0.25) is 0 Å². The summed E-state index contributed by atoms with van der Waals surface area (Å²) in [6.45, 7) is 8.05. The summed E-state index contributed by atoms with van der Waals surface area (Å²) in [5, 5.41) is 3.32. The van der Waals surface area contributed by atoms with E-state index in [0.29, 0.717) is 0 Å². The molecule has 30 heavy (non-hydrogen) atoms. The summed E-state index contributed by atoms with van der Waals surface area (Å²) in [5.41, 5.74) is 3.20. The Morgan fingerprint density at radius 2 is 1.83 bits per heavy atom. The predicted molar refractivity (Wildman–Crippen MR) is 119 cm³/mol. The number of carbonyl (C=O) groups is 1. The van der Waals surface area contributed by atoms with Gasteiger partial charge in [0.1, 0.15) is 17.1 Å². The number of rotatable bonds is 4. The zero-order valence-electron chi connectivity index (χ0n) is 18.4. The van der Waals surface area contributed by atoms with Gasteiger partial charge in [-0.25, -0.2) is 0 Å². The Morgan fingerprint density at radius 3 is 2.50 bits per heavy atom. The number of hydrogen-bond acceptors (Lipinski definition) is 4. The number of benzene rings is 2. The second-order valence-corrected chi connectivity index (χ2v) is 9.13. The predicted octanol–water partition coefficient (Wildman–Crippen LogP) is 4.64. The van der Waals surface area contributed by atoms with Crippen molar-refractivity contribution in [3.8, 4) is 11.5 Å². The fourth-order valence-corrected chi connectivity index (χ4v) is 4.53. The van der Waals surface area contributed by atoms with Gasteiger partial charge in [-0.05, 0) is 57.9 Å².